The summed E-state index contributed by atoms with van der Waals surface area (Å²) in [5, 5.41) is 0. The van der Waals surface area contributed by atoms with Gasteiger partial charge in [-0.15, -0.1) is 0 Å². The molecule has 0 spiro atoms. The number of hydrogen-bond acceptors (Lipinski definition) is 1. The van der Waals surface area contributed by atoms with Gasteiger partial charge in [0.15, 0.2) is 0 Å². The molecule has 1 aliphatic carbocycles. The van der Waals surface area contributed by atoms with Crippen molar-refractivity contribution in [3.63, 3.8) is 0 Å². The van der Waals surface area contributed by atoms with E-state index in [0.717, 1.165) is 0 Å². The second-order valence-electron chi connectivity index (χ2n) is 2.99. The van der Waals surface area contributed by atoms with E-state index in [9.17, 15) is 13.2 Å². The van der Waals surface area contributed by atoms with Gasteiger partial charge in [0.2, 0.25) is 0 Å². The Morgan fingerprint density at radius 2 is 1.38 bits per heavy atom. The fourth-order valence-electron chi connectivity index (χ4n) is 1.34. The maximum absolute atomic E-state index is 12.1. The van der Waals surface area contributed by atoms with E-state index in [2.05, 4.69) is 6.92 Å². The molecule has 1 fully saturated rings. The molecule has 13 heavy (non-hydrogen) atoms. The number of hydrogen-bond donors (Lipinski definition) is 1. The fourth-order valence-corrected chi connectivity index (χ4v) is 1.34. The SMILES string of the molecule is N.[CH2-]C1(C(F)(F)F)CCCC1.[I-].[Zn+2]. The van der Waals surface area contributed by atoms with Gasteiger partial charge in [-0.25, -0.2) is 0 Å². The van der Waals surface area contributed by atoms with E-state index in [0.29, 0.717) is 12.8 Å². The molecular formula is C7H13F3INZn. The fraction of sp³-hybridized carbons (Fsp3) is 0.857. The number of alkyl halides is 3. The summed E-state index contributed by atoms with van der Waals surface area (Å²) in [7, 11) is 0. The predicted octanol–water partition coefficient (Wildman–Crippen LogP) is 0.107. The second kappa shape index (κ2) is 6.56. The number of rotatable bonds is 0. The maximum atomic E-state index is 12.1. The first kappa shape index (κ1) is 19.6. The summed E-state index contributed by atoms with van der Waals surface area (Å²) in [6, 6.07) is 0. The summed E-state index contributed by atoms with van der Waals surface area (Å²) in [5.74, 6) is 0. The molecule has 0 aromatic carbocycles. The summed E-state index contributed by atoms with van der Waals surface area (Å²) >= 11 is 0. The summed E-state index contributed by atoms with van der Waals surface area (Å²) in [4.78, 5) is 0. The van der Waals surface area contributed by atoms with Crippen LogP contribution in [-0.2, 0) is 19.5 Å². The minimum atomic E-state index is -4.09. The van der Waals surface area contributed by atoms with E-state index in [1.807, 2.05) is 0 Å². The molecule has 1 nitrogen and oxygen atoms in total. The van der Waals surface area contributed by atoms with Gasteiger partial charge in [0.25, 0.3) is 0 Å². The zero-order valence-electron chi connectivity index (χ0n) is 7.46. The van der Waals surface area contributed by atoms with E-state index in [1.54, 1.807) is 0 Å². The van der Waals surface area contributed by atoms with Crippen LogP contribution in [0, 0.1) is 12.3 Å². The van der Waals surface area contributed by atoms with Crippen LogP contribution in [-0.4, -0.2) is 6.18 Å². The van der Waals surface area contributed by atoms with Crippen LogP contribution in [0.5, 0.6) is 0 Å². The van der Waals surface area contributed by atoms with Crippen molar-refractivity contribution < 1.29 is 56.6 Å². The van der Waals surface area contributed by atoms with Crippen LogP contribution in [0.1, 0.15) is 25.7 Å². The molecule has 0 bridgehead atoms. The number of halogens is 4. The summed E-state index contributed by atoms with van der Waals surface area (Å²) in [6.07, 6.45) is -2.34. The molecule has 1 rings (SSSR count). The Labute approximate surface area is 107 Å². The monoisotopic (exact) mass is 359 g/mol. The average Bonchev–Trinajstić information content (AvgIpc) is 2.13. The van der Waals surface area contributed by atoms with Crippen LogP contribution in [0.4, 0.5) is 13.2 Å². The van der Waals surface area contributed by atoms with Gasteiger partial charge >= 0.3 is 25.7 Å². The Morgan fingerprint density at radius 1 is 1.08 bits per heavy atom. The van der Waals surface area contributed by atoms with E-state index >= 15 is 0 Å². The average molecular weight is 360 g/mol. The molecule has 0 heterocycles. The Hall–Kier alpha value is 1.10. The van der Waals surface area contributed by atoms with Crippen LogP contribution in [0.2, 0.25) is 0 Å². The molecular weight excluding hydrogens is 347 g/mol. The molecule has 0 amide bonds. The first-order chi connectivity index (χ1) is 4.46. The first-order valence-electron chi connectivity index (χ1n) is 3.38. The molecule has 0 unspecified atom stereocenters. The van der Waals surface area contributed by atoms with Crippen molar-refractivity contribution in [1.82, 2.24) is 6.15 Å². The minimum Gasteiger partial charge on any atom is -1.00 e. The van der Waals surface area contributed by atoms with E-state index in [4.69, 9.17) is 0 Å². The molecule has 3 N–H and O–H groups in total. The van der Waals surface area contributed by atoms with Crippen molar-refractivity contribution in [3.05, 3.63) is 6.92 Å². The topological polar surface area (TPSA) is 35.0 Å². The summed E-state index contributed by atoms with van der Waals surface area (Å²) in [6.45, 7) is 3.22. The smallest absolute Gasteiger partial charge is 1.00 e. The van der Waals surface area contributed by atoms with E-state index in [-0.39, 0.29) is 62.4 Å². The molecule has 1 aliphatic rings. The van der Waals surface area contributed by atoms with Gasteiger partial charge in [0.1, 0.15) is 0 Å². The van der Waals surface area contributed by atoms with Gasteiger partial charge in [0, 0.05) is 0 Å². The third-order valence-electron chi connectivity index (χ3n) is 2.16. The van der Waals surface area contributed by atoms with Crippen LogP contribution in [0.3, 0.4) is 0 Å². The van der Waals surface area contributed by atoms with Crippen LogP contribution >= 0.6 is 0 Å². The van der Waals surface area contributed by atoms with Gasteiger partial charge in [-0.1, -0.05) is 31.1 Å². The van der Waals surface area contributed by atoms with Gasteiger partial charge in [-0.3, -0.25) is 0 Å². The van der Waals surface area contributed by atoms with Crippen LogP contribution < -0.4 is 30.1 Å². The van der Waals surface area contributed by atoms with Gasteiger partial charge in [-0.05, 0) is 0 Å². The van der Waals surface area contributed by atoms with Gasteiger partial charge < -0.3 is 37.1 Å². The van der Waals surface area contributed by atoms with Gasteiger partial charge in [-0.2, -0.15) is 13.2 Å². The third-order valence-corrected chi connectivity index (χ3v) is 2.16. The normalized spacial score (nSPS) is 19.4. The third kappa shape index (κ3) is 4.43. The molecule has 0 radical (unpaired) electrons. The van der Waals surface area contributed by atoms with Crippen molar-refractivity contribution in [2.24, 2.45) is 5.41 Å². The largest absolute Gasteiger partial charge is 2.00 e. The van der Waals surface area contributed by atoms with E-state index < -0.39 is 11.6 Å². The van der Waals surface area contributed by atoms with Crippen molar-refractivity contribution >= 4 is 0 Å². The zero-order chi connectivity index (χ0) is 7.83. The Bertz CT molecular complexity index is 134. The molecule has 0 atom stereocenters. The van der Waals surface area contributed by atoms with E-state index in [1.165, 1.54) is 0 Å². The Balaban J connectivity index is -0.000000333. The summed E-state index contributed by atoms with van der Waals surface area (Å²) < 4.78 is 36.2. The molecule has 6 heteroatoms. The van der Waals surface area contributed by atoms with Crippen molar-refractivity contribution in [1.29, 1.82) is 0 Å². The first-order valence-corrected chi connectivity index (χ1v) is 3.38. The Morgan fingerprint density at radius 3 is 1.54 bits per heavy atom. The second-order valence-corrected chi connectivity index (χ2v) is 2.99. The predicted molar refractivity (Wildman–Crippen MR) is 37.3 cm³/mol. The maximum Gasteiger partial charge on any atom is 2.00 e. The van der Waals surface area contributed by atoms with Crippen LogP contribution in [0.25, 0.3) is 0 Å². The molecule has 76 valence electrons. The molecule has 1 saturated carbocycles. The Kier molecular flexibility index (Phi) is 9.91. The quantitative estimate of drug-likeness (QED) is 0.371. The van der Waals surface area contributed by atoms with Gasteiger partial charge in [0.05, 0.1) is 0 Å². The molecule has 0 saturated heterocycles. The van der Waals surface area contributed by atoms with Crippen molar-refractivity contribution in [2.75, 3.05) is 0 Å². The van der Waals surface area contributed by atoms with Crippen molar-refractivity contribution in [2.45, 2.75) is 31.9 Å². The van der Waals surface area contributed by atoms with Crippen molar-refractivity contribution in [3.8, 4) is 0 Å². The van der Waals surface area contributed by atoms with Crippen LogP contribution in [0.15, 0.2) is 0 Å². The zero-order valence-corrected chi connectivity index (χ0v) is 12.6. The minimum absolute atomic E-state index is 0. The molecule has 0 aliphatic heterocycles. The standard InChI is InChI=1S/C7H10F3.HI.H3N.Zn/c1-6(7(8,9)10)4-2-3-5-6;;;/h1-5H2;1H;1H3;/q-1;;;+2/p-1. The molecule has 0 aromatic rings. The molecule has 0 aromatic heterocycles. The summed E-state index contributed by atoms with van der Waals surface area (Å²) in [5.41, 5.74) is -1.62.